The molecule has 2 fully saturated rings. The molecule has 1 unspecified atom stereocenters. The van der Waals surface area contributed by atoms with E-state index in [4.69, 9.17) is 0 Å². The van der Waals surface area contributed by atoms with Crippen molar-refractivity contribution in [2.24, 2.45) is 7.05 Å². The van der Waals surface area contributed by atoms with Crippen molar-refractivity contribution in [1.29, 1.82) is 0 Å². The van der Waals surface area contributed by atoms with Gasteiger partial charge in [0.1, 0.15) is 10.6 Å². The molecule has 0 aromatic carbocycles. The van der Waals surface area contributed by atoms with Crippen molar-refractivity contribution in [3.05, 3.63) is 18.0 Å². The second kappa shape index (κ2) is 6.62. The Bertz CT molecular complexity index is 671. The van der Waals surface area contributed by atoms with Crippen LogP contribution in [0, 0.1) is 0 Å². The Hall–Kier alpha value is -1.38. The van der Waals surface area contributed by atoms with E-state index in [1.54, 1.807) is 11.6 Å². The number of hydrogen-bond donors (Lipinski definition) is 2. The van der Waals surface area contributed by atoms with Gasteiger partial charge >= 0.3 is 0 Å². The molecule has 1 aromatic rings. The number of nitrogens with one attached hydrogen (secondary N) is 2. The van der Waals surface area contributed by atoms with E-state index in [-0.39, 0.29) is 16.8 Å². The summed E-state index contributed by atoms with van der Waals surface area (Å²) in [5.74, 6) is -0.221. The van der Waals surface area contributed by atoms with Gasteiger partial charge in [-0.2, -0.15) is 4.31 Å². The minimum absolute atomic E-state index is 0.111. The Balaban J connectivity index is 1.78. The zero-order chi connectivity index (χ0) is 16.4. The predicted octanol–water partition coefficient (Wildman–Crippen LogP) is 0.291. The number of amides is 1. The number of carbonyl (C=O) groups excluding carboxylic acids is 1. The summed E-state index contributed by atoms with van der Waals surface area (Å²) in [6, 6.07) is 1.60. The lowest BCUT2D eigenvalue weighted by molar-refractivity contribution is 0.0932. The summed E-state index contributed by atoms with van der Waals surface area (Å²) in [6.45, 7) is 2.78. The zero-order valence-corrected chi connectivity index (χ0v) is 14.2. The van der Waals surface area contributed by atoms with Crippen molar-refractivity contribution < 1.29 is 13.2 Å². The minimum atomic E-state index is -3.50. The lowest BCUT2D eigenvalue weighted by Crippen LogP contribution is -2.37. The molecule has 0 aliphatic carbocycles. The summed E-state index contributed by atoms with van der Waals surface area (Å²) in [4.78, 5) is 12.6. The first-order chi connectivity index (χ1) is 11.0. The Labute approximate surface area is 137 Å². The molecule has 1 aromatic heterocycles. The van der Waals surface area contributed by atoms with E-state index in [0.29, 0.717) is 18.8 Å². The fourth-order valence-corrected chi connectivity index (χ4v) is 4.78. The minimum Gasteiger partial charge on any atom is -0.347 e. The van der Waals surface area contributed by atoms with E-state index < -0.39 is 10.0 Å². The van der Waals surface area contributed by atoms with E-state index in [1.165, 1.54) is 16.6 Å². The molecule has 7 nitrogen and oxygen atoms in total. The number of aromatic nitrogens is 1. The van der Waals surface area contributed by atoms with Gasteiger partial charge in [0.25, 0.3) is 5.91 Å². The van der Waals surface area contributed by atoms with Gasteiger partial charge in [0, 0.05) is 38.9 Å². The Morgan fingerprint density at radius 3 is 2.70 bits per heavy atom. The van der Waals surface area contributed by atoms with E-state index in [1.807, 2.05) is 0 Å². The normalized spacial score (nSPS) is 23.1. The molecule has 2 N–H and O–H groups in total. The van der Waals surface area contributed by atoms with Crippen molar-refractivity contribution >= 4 is 15.9 Å². The van der Waals surface area contributed by atoms with Crippen LogP contribution in [0.4, 0.5) is 0 Å². The average molecular weight is 340 g/mol. The smallest absolute Gasteiger partial charge is 0.268 e. The molecule has 1 atom stereocenters. The van der Waals surface area contributed by atoms with Crippen LogP contribution in [-0.2, 0) is 17.1 Å². The highest BCUT2D eigenvalue weighted by atomic mass is 32.2. The van der Waals surface area contributed by atoms with Crippen LogP contribution in [0.2, 0.25) is 0 Å². The van der Waals surface area contributed by atoms with E-state index in [9.17, 15) is 13.2 Å². The molecule has 8 heteroatoms. The lowest BCUT2D eigenvalue weighted by Gasteiger charge is -2.25. The molecule has 0 radical (unpaired) electrons. The molecule has 2 aliphatic rings. The van der Waals surface area contributed by atoms with Crippen LogP contribution in [0.5, 0.6) is 0 Å². The van der Waals surface area contributed by atoms with Gasteiger partial charge in [-0.25, -0.2) is 8.42 Å². The predicted molar refractivity (Wildman–Crippen MR) is 86.8 cm³/mol. The molecule has 3 rings (SSSR count). The first-order valence-electron chi connectivity index (χ1n) is 8.16. The summed E-state index contributed by atoms with van der Waals surface area (Å²) in [7, 11) is -1.80. The second-order valence-corrected chi connectivity index (χ2v) is 8.24. The topological polar surface area (TPSA) is 83.4 Å². The van der Waals surface area contributed by atoms with Crippen molar-refractivity contribution in [3.8, 4) is 0 Å². The highest BCUT2D eigenvalue weighted by Crippen LogP contribution is 2.22. The number of sulfonamides is 1. The lowest BCUT2D eigenvalue weighted by atomic mass is 10.2. The number of rotatable bonds is 4. The molecule has 128 valence electrons. The molecular weight excluding hydrogens is 316 g/mol. The second-order valence-electron chi connectivity index (χ2n) is 6.30. The largest absolute Gasteiger partial charge is 0.347 e. The van der Waals surface area contributed by atoms with Crippen LogP contribution < -0.4 is 10.6 Å². The van der Waals surface area contributed by atoms with Gasteiger partial charge in [0.05, 0.1) is 0 Å². The van der Waals surface area contributed by atoms with Gasteiger partial charge in [-0.1, -0.05) is 6.42 Å². The molecular formula is C15H24N4O3S. The van der Waals surface area contributed by atoms with Crippen molar-refractivity contribution in [1.82, 2.24) is 19.5 Å². The van der Waals surface area contributed by atoms with Crippen LogP contribution in [-0.4, -0.2) is 55.4 Å². The molecule has 0 spiro atoms. The maximum atomic E-state index is 12.7. The van der Waals surface area contributed by atoms with E-state index in [2.05, 4.69) is 10.6 Å². The Morgan fingerprint density at radius 1 is 1.30 bits per heavy atom. The molecule has 2 aliphatic heterocycles. The average Bonchev–Trinajstić information content (AvgIpc) is 3.18. The molecule has 23 heavy (non-hydrogen) atoms. The zero-order valence-electron chi connectivity index (χ0n) is 13.4. The molecule has 1 amide bonds. The fraction of sp³-hybridized carbons (Fsp3) is 0.667. The van der Waals surface area contributed by atoms with Crippen molar-refractivity contribution in [2.75, 3.05) is 26.2 Å². The third-order valence-corrected chi connectivity index (χ3v) is 6.42. The Morgan fingerprint density at radius 2 is 2.04 bits per heavy atom. The van der Waals surface area contributed by atoms with Gasteiger partial charge in [-0.3, -0.25) is 4.79 Å². The van der Waals surface area contributed by atoms with Crippen LogP contribution >= 0.6 is 0 Å². The summed E-state index contributed by atoms with van der Waals surface area (Å²) >= 11 is 0. The summed E-state index contributed by atoms with van der Waals surface area (Å²) in [5.41, 5.74) is 0.382. The van der Waals surface area contributed by atoms with Gasteiger partial charge in [0.2, 0.25) is 10.0 Å². The van der Waals surface area contributed by atoms with Crippen LogP contribution in [0.15, 0.2) is 17.2 Å². The number of carbonyl (C=O) groups is 1. The quantitative estimate of drug-likeness (QED) is 0.825. The third kappa shape index (κ3) is 3.44. The van der Waals surface area contributed by atoms with E-state index in [0.717, 1.165) is 38.8 Å². The monoisotopic (exact) mass is 340 g/mol. The van der Waals surface area contributed by atoms with Gasteiger partial charge in [0.15, 0.2) is 0 Å². The highest BCUT2D eigenvalue weighted by Gasteiger charge is 2.29. The number of aryl methyl sites for hydroxylation is 1. The van der Waals surface area contributed by atoms with Gasteiger partial charge in [-0.05, 0) is 31.9 Å². The maximum Gasteiger partial charge on any atom is 0.268 e. The van der Waals surface area contributed by atoms with Gasteiger partial charge < -0.3 is 15.2 Å². The highest BCUT2D eigenvalue weighted by molar-refractivity contribution is 7.89. The summed E-state index contributed by atoms with van der Waals surface area (Å²) < 4.78 is 28.5. The molecule has 0 bridgehead atoms. The first-order valence-corrected chi connectivity index (χ1v) is 9.60. The van der Waals surface area contributed by atoms with Crippen LogP contribution in [0.25, 0.3) is 0 Å². The van der Waals surface area contributed by atoms with E-state index >= 15 is 0 Å². The Kier molecular flexibility index (Phi) is 4.74. The van der Waals surface area contributed by atoms with Crippen LogP contribution in [0.3, 0.4) is 0 Å². The molecule has 2 saturated heterocycles. The maximum absolute atomic E-state index is 12.7. The van der Waals surface area contributed by atoms with Gasteiger partial charge in [-0.15, -0.1) is 0 Å². The standard InChI is InChI=1S/C15H24N4O3S/c1-18-11-13(23(21,22)19-7-3-2-4-8-19)9-14(18)15(20)17-12-5-6-16-10-12/h9,11-12,16H,2-8,10H2,1H3,(H,17,20). The molecule has 3 heterocycles. The third-order valence-electron chi connectivity index (χ3n) is 4.56. The number of hydrogen-bond acceptors (Lipinski definition) is 4. The fourth-order valence-electron chi connectivity index (χ4n) is 3.19. The summed E-state index contributed by atoms with van der Waals surface area (Å²) in [5, 5.41) is 6.14. The van der Waals surface area contributed by atoms with Crippen molar-refractivity contribution in [2.45, 2.75) is 36.6 Å². The number of nitrogens with zero attached hydrogens (tertiary/aromatic N) is 2. The van der Waals surface area contributed by atoms with Crippen LogP contribution in [0.1, 0.15) is 36.2 Å². The first kappa shape index (κ1) is 16.5. The van der Waals surface area contributed by atoms with Crippen molar-refractivity contribution in [3.63, 3.8) is 0 Å². The SMILES string of the molecule is Cn1cc(S(=O)(=O)N2CCCCC2)cc1C(=O)NC1CCNC1. The number of piperidine rings is 1. The molecule has 0 saturated carbocycles. The summed E-state index contributed by atoms with van der Waals surface area (Å²) in [6.07, 6.45) is 5.30.